The number of carbonyl (C=O) groups excluding carboxylic acids is 1. The number of unbranched alkanes of at least 4 members (excludes halogenated alkanes) is 47. The van der Waals surface area contributed by atoms with Gasteiger partial charge in [0.05, 0.1) is 25.4 Å². The number of rotatable bonds is 57. The highest BCUT2D eigenvalue weighted by Gasteiger charge is 2.44. The molecule has 7 atom stereocenters. The molecular formula is C64H125NO8. The number of nitrogens with one attached hydrogen (secondary N) is 1. The molecule has 0 radical (unpaired) electrons. The molecule has 0 aromatic rings. The molecule has 6 N–H and O–H groups in total. The normalized spacial score (nSPS) is 19.0. The summed E-state index contributed by atoms with van der Waals surface area (Å²) in [5, 5.41) is 54.7. The lowest BCUT2D eigenvalue weighted by Gasteiger charge is -2.40. The summed E-state index contributed by atoms with van der Waals surface area (Å²) in [6.45, 7) is 3.84. The van der Waals surface area contributed by atoms with E-state index >= 15 is 0 Å². The van der Waals surface area contributed by atoms with Crippen molar-refractivity contribution >= 4 is 5.91 Å². The molecule has 1 heterocycles. The SMILES string of the molecule is CCCCCCCCCCCCCCCCCCCCCCCCCCCCCC/C=C/C(O)C(COC1OC(CO)C(O)C(O)C1O)NC(=O)CCCCCCCCCCCCCCCCCCCCCC. The molecule has 9 nitrogen and oxygen atoms in total. The zero-order chi connectivity index (χ0) is 52.9. The molecule has 1 aliphatic rings. The first-order valence-corrected chi connectivity index (χ1v) is 32.4. The summed E-state index contributed by atoms with van der Waals surface area (Å²) in [7, 11) is 0. The Kier molecular flexibility index (Phi) is 52.0. The first kappa shape index (κ1) is 69.9. The molecular weight excluding hydrogens is 911 g/mol. The maximum Gasteiger partial charge on any atom is 0.220 e. The minimum atomic E-state index is -1.56. The fourth-order valence-electron chi connectivity index (χ4n) is 10.8. The molecule has 1 fully saturated rings. The van der Waals surface area contributed by atoms with Gasteiger partial charge in [0.1, 0.15) is 24.4 Å². The molecule has 434 valence electrons. The number of hydrogen-bond acceptors (Lipinski definition) is 8. The summed E-state index contributed by atoms with van der Waals surface area (Å²) in [5.41, 5.74) is 0. The van der Waals surface area contributed by atoms with E-state index in [9.17, 15) is 30.3 Å². The summed E-state index contributed by atoms with van der Waals surface area (Å²) < 4.78 is 11.3. The highest BCUT2D eigenvalue weighted by Crippen LogP contribution is 2.23. The lowest BCUT2D eigenvalue weighted by Crippen LogP contribution is -2.60. The standard InChI is InChI=1S/C64H125NO8/c1-3-5-7-9-11-13-15-17-19-21-23-25-26-27-28-29-30-31-32-33-34-35-37-39-41-43-45-47-49-51-53-58(67)57(56-72-64-63(71)62(70)61(69)59(55-66)73-64)65-60(68)54-52-50-48-46-44-42-40-38-36-24-22-20-18-16-14-12-10-8-6-4-2/h51,53,57-59,61-64,66-67,69-71H,3-50,52,54-56H2,1-2H3,(H,65,68)/b53-51+. The molecule has 1 rings (SSSR count). The van der Waals surface area contributed by atoms with Gasteiger partial charge in [0, 0.05) is 6.42 Å². The highest BCUT2D eigenvalue weighted by molar-refractivity contribution is 5.76. The fraction of sp³-hybridized carbons (Fsp3) is 0.953. The summed E-state index contributed by atoms with van der Waals surface area (Å²) in [6, 6.07) is -0.801. The van der Waals surface area contributed by atoms with Gasteiger partial charge in [-0.05, 0) is 19.3 Å². The largest absolute Gasteiger partial charge is 0.394 e. The summed E-state index contributed by atoms with van der Waals surface area (Å²) in [4.78, 5) is 13.1. The molecule has 1 amide bonds. The third kappa shape index (κ3) is 43.6. The van der Waals surface area contributed by atoms with Gasteiger partial charge in [-0.25, -0.2) is 0 Å². The Morgan fingerprint density at radius 3 is 1.07 bits per heavy atom. The summed E-state index contributed by atoms with van der Waals surface area (Å²) in [6.07, 6.45) is 61.6. The lowest BCUT2D eigenvalue weighted by molar-refractivity contribution is -0.302. The highest BCUT2D eigenvalue weighted by atomic mass is 16.7. The van der Waals surface area contributed by atoms with E-state index in [2.05, 4.69) is 19.2 Å². The average molecular weight is 1040 g/mol. The predicted molar refractivity (Wildman–Crippen MR) is 309 cm³/mol. The molecule has 73 heavy (non-hydrogen) atoms. The number of hydrogen-bond donors (Lipinski definition) is 6. The zero-order valence-electron chi connectivity index (χ0n) is 48.4. The van der Waals surface area contributed by atoms with Crippen molar-refractivity contribution in [2.24, 2.45) is 0 Å². The fourth-order valence-corrected chi connectivity index (χ4v) is 10.8. The number of aliphatic hydroxyl groups is 5. The van der Waals surface area contributed by atoms with Gasteiger partial charge < -0.3 is 40.3 Å². The van der Waals surface area contributed by atoms with Crippen LogP contribution >= 0.6 is 0 Å². The van der Waals surface area contributed by atoms with E-state index < -0.39 is 49.5 Å². The van der Waals surface area contributed by atoms with E-state index in [1.807, 2.05) is 6.08 Å². The minimum Gasteiger partial charge on any atom is -0.394 e. The van der Waals surface area contributed by atoms with Gasteiger partial charge in [0.25, 0.3) is 0 Å². The first-order valence-electron chi connectivity index (χ1n) is 32.4. The predicted octanol–water partition coefficient (Wildman–Crippen LogP) is 16.7. The first-order chi connectivity index (χ1) is 35.8. The Balaban J connectivity index is 2.14. The summed E-state index contributed by atoms with van der Waals surface area (Å²) >= 11 is 0. The average Bonchev–Trinajstić information content (AvgIpc) is 3.39. The Morgan fingerprint density at radius 2 is 0.753 bits per heavy atom. The van der Waals surface area contributed by atoms with Crippen LogP contribution in [0.3, 0.4) is 0 Å². The number of amides is 1. The van der Waals surface area contributed by atoms with Crippen molar-refractivity contribution in [3.05, 3.63) is 12.2 Å². The summed E-state index contributed by atoms with van der Waals surface area (Å²) in [5.74, 6) is -0.169. The third-order valence-electron chi connectivity index (χ3n) is 15.9. The molecule has 0 saturated carbocycles. The molecule has 0 spiro atoms. The number of carbonyl (C=O) groups is 1. The van der Waals surface area contributed by atoms with E-state index in [4.69, 9.17) is 9.47 Å². The molecule has 7 unspecified atom stereocenters. The third-order valence-corrected chi connectivity index (χ3v) is 15.9. The van der Waals surface area contributed by atoms with Crippen LogP contribution in [0.4, 0.5) is 0 Å². The van der Waals surface area contributed by atoms with E-state index in [1.165, 1.54) is 276 Å². The molecule has 0 bridgehead atoms. The van der Waals surface area contributed by atoms with Gasteiger partial charge in [0.2, 0.25) is 5.91 Å². The molecule has 0 aromatic heterocycles. The smallest absolute Gasteiger partial charge is 0.220 e. The van der Waals surface area contributed by atoms with Gasteiger partial charge in [0.15, 0.2) is 6.29 Å². The van der Waals surface area contributed by atoms with Crippen LogP contribution in [0.25, 0.3) is 0 Å². The van der Waals surface area contributed by atoms with E-state index in [0.717, 1.165) is 38.5 Å². The van der Waals surface area contributed by atoms with Crippen LogP contribution in [0.15, 0.2) is 12.2 Å². The van der Waals surface area contributed by atoms with Crippen molar-refractivity contribution in [2.45, 2.75) is 378 Å². The zero-order valence-corrected chi connectivity index (χ0v) is 48.4. The Bertz CT molecular complexity index is 1150. The second-order valence-corrected chi connectivity index (χ2v) is 22.9. The number of allylic oxidation sites excluding steroid dienone is 1. The van der Waals surface area contributed by atoms with E-state index in [1.54, 1.807) is 6.08 Å². The maximum absolute atomic E-state index is 13.1. The maximum atomic E-state index is 13.1. The van der Waals surface area contributed by atoms with Crippen LogP contribution < -0.4 is 5.32 Å². The second kappa shape index (κ2) is 54.3. The van der Waals surface area contributed by atoms with Crippen molar-refractivity contribution in [1.29, 1.82) is 0 Å². The van der Waals surface area contributed by atoms with Crippen molar-refractivity contribution in [1.82, 2.24) is 5.32 Å². The molecule has 0 aliphatic carbocycles. The Labute approximate surface area is 452 Å². The van der Waals surface area contributed by atoms with Gasteiger partial charge in [-0.2, -0.15) is 0 Å². The molecule has 1 saturated heterocycles. The van der Waals surface area contributed by atoms with Crippen molar-refractivity contribution in [3.8, 4) is 0 Å². The van der Waals surface area contributed by atoms with E-state index in [0.29, 0.717) is 6.42 Å². The quantitative estimate of drug-likeness (QED) is 0.0261. The Hall–Kier alpha value is -1.07. The van der Waals surface area contributed by atoms with Crippen LogP contribution in [-0.4, -0.2) is 87.5 Å². The van der Waals surface area contributed by atoms with Gasteiger partial charge in [-0.1, -0.05) is 321 Å². The second-order valence-electron chi connectivity index (χ2n) is 22.9. The van der Waals surface area contributed by atoms with Gasteiger partial charge in [-0.15, -0.1) is 0 Å². The van der Waals surface area contributed by atoms with Crippen LogP contribution in [-0.2, 0) is 14.3 Å². The minimum absolute atomic E-state index is 0.169. The molecule has 9 heteroatoms. The lowest BCUT2D eigenvalue weighted by atomic mass is 9.99. The number of aliphatic hydroxyl groups excluding tert-OH is 5. The Morgan fingerprint density at radius 1 is 0.452 bits per heavy atom. The van der Waals surface area contributed by atoms with Crippen molar-refractivity contribution in [3.63, 3.8) is 0 Å². The van der Waals surface area contributed by atoms with E-state index in [-0.39, 0.29) is 12.5 Å². The number of ether oxygens (including phenoxy) is 2. The van der Waals surface area contributed by atoms with Crippen LogP contribution in [0.2, 0.25) is 0 Å². The molecule has 0 aromatic carbocycles. The van der Waals surface area contributed by atoms with Gasteiger partial charge >= 0.3 is 0 Å². The van der Waals surface area contributed by atoms with Crippen LogP contribution in [0, 0.1) is 0 Å². The topological polar surface area (TPSA) is 149 Å². The molecule has 1 aliphatic heterocycles. The van der Waals surface area contributed by atoms with Gasteiger partial charge in [-0.3, -0.25) is 4.79 Å². The van der Waals surface area contributed by atoms with Crippen molar-refractivity contribution < 1.29 is 39.8 Å². The van der Waals surface area contributed by atoms with Crippen LogP contribution in [0.5, 0.6) is 0 Å². The van der Waals surface area contributed by atoms with Crippen LogP contribution in [0.1, 0.15) is 335 Å². The van der Waals surface area contributed by atoms with Crippen molar-refractivity contribution in [2.75, 3.05) is 13.2 Å². The monoisotopic (exact) mass is 1040 g/mol.